The molecule has 2 saturated heterocycles. The van der Waals surface area contributed by atoms with E-state index in [0.717, 1.165) is 39.0 Å². The highest BCUT2D eigenvalue weighted by molar-refractivity contribution is 5.79. The Morgan fingerprint density at radius 2 is 2.32 bits per heavy atom. The quantitative estimate of drug-likeness (QED) is 0.826. The van der Waals surface area contributed by atoms with Gasteiger partial charge in [-0.25, -0.2) is 0 Å². The van der Waals surface area contributed by atoms with Crippen LogP contribution in [-0.2, 0) is 16.1 Å². The summed E-state index contributed by atoms with van der Waals surface area (Å²) in [5.74, 6) is 0.368. The number of hydrogen-bond acceptors (Lipinski definition) is 3. The van der Waals surface area contributed by atoms with Crippen LogP contribution in [0, 0.1) is 5.92 Å². The first-order valence-corrected chi connectivity index (χ1v) is 7.20. The first-order valence-electron chi connectivity index (χ1n) is 7.20. The molecule has 0 N–H and O–H groups in total. The van der Waals surface area contributed by atoms with Gasteiger partial charge in [0, 0.05) is 25.5 Å². The van der Waals surface area contributed by atoms with E-state index in [1.54, 1.807) is 6.20 Å². The SMILES string of the molecule is O=C([C@H]1CCOC1)N1CCCC[C@H]1Cn1cccn1. The van der Waals surface area contributed by atoms with E-state index in [0.29, 0.717) is 12.6 Å². The molecule has 0 spiro atoms. The van der Waals surface area contributed by atoms with Crippen LogP contribution in [0.25, 0.3) is 0 Å². The Hall–Kier alpha value is -1.36. The summed E-state index contributed by atoms with van der Waals surface area (Å²) in [7, 11) is 0. The van der Waals surface area contributed by atoms with Crippen molar-refractivity contribution < 1.29 is 9.53 Å². The first-order chi connectivity index (χ1) is 9.34. The molecule has 3 heterocycles. The Morgan fingerprint density at radius 3 is 3.05 bits per heavy atom. The maximum atomic E-state index is 12.6. The number of rotatable bonds is 3. The minimum atomic E-state index is 0.0817. The highest BCUT2D eigenvalue weighted by atomic mass is 16.5. The van der Waals surface area contributed by atoms with Gasteiger partial charge in [0.1, 0.15) is 0 Å². The van der Waals surface area contributed by atoms with Crippen LogP contribution in [0.3, 0.4) is 0 Å². The lowest BCUT2D eigenvalue weighted by molar-refractivity contribution is -0.139. The number of carbonyl (C=O) groups excluding carboxylic acids is 1. The van der Waals surface area contributed by atoms with E-state index < -0.39 is 0 Å². The van der Waals surface area contributed by atoms with E-state index >= 15 is 0 Å². The lowest BCUT2D eigenvalue weighted by atomic mass is 9.98. The number of carbonyl (C=O) groups is 1. The molecule has 19 heavy (non-hydrogen) atoms. The van der Waals surface area contributed by atoms with Crippen molar-refractivity contribution in [3.8, 4) is 0 Å². The van der Waals surface area contributed by atoms with Crippen LogP contribution in [0.15, 0.2) is 18.5 Å². The van der Waals surface area contributed by atoms with Crippen molar-refractivity contribution in [2.75, 3.05) is 19.8 Å². The van der Waals surface area contributed by atoms with Crippen molar-refractivity contribution in [3.63, 3.8) is 0 Å². The van der Waals surface area contributed by atoms with Crippen LogP contribution in [-0.4, -0.2) is 46.4 Å². The fourth-order valence-electron chi connectivity index (χ4n) is 3.07. The molecule has 2 aliphatic heterocycles. The van der Waals surface area contributed by atoms with Gasteiger partial charge in [0.05, 0.1) is 25.1 Å². The average molecular weight is 263 g/mol. The van der Waals surface area contributed by atoms with E-state index in [4.69, 9.17) is 4.74 Å². The van der Waals surface area contributed by atoms with E-state index in [9.17, 15) is 4.79 Å². The number of likely N-dealkylation sites (tertiary alicyclic amines) is 1. The van der Waals surface area contributed by atoms with Crippen LogP contribution in [0.5, 0.6) is 0 Å². The third-order valence-corrected chi connectivity index (χ3v) is 4.15. The van der Waals surface area contributed by atoms with Crippen molar-refractivity contribution in [2.24, 2.45) is 5.92 Å². The van der Waals surface area contributed by atoms with Gasteiger partial charge in [-0.2, -0.15) is 5.10 Å². The third kappa shape index (κ3) is 2.81. The molecule has 0 aliphatic carbocycles. The maximum Gasteiger partial charge on any atom is 0.228 e. The second kappa shape index (κ2) is 5.74. The van der Waals surface area contributed by atoms with Crippen molar-refractivity contribution in [1.29, 1.82) is 0 Å². The molecule has 1 aromatic heterocycles. The van der Waals surface area contributed by atoms with Gasteiger partial charge in [0.2, 0.25) is 5.91 Å². The standard InChI is InChI=1S/C14H21N3O2/c18-14(12-5-9-19-11-12)17-8-2-1-4-13(17)10-16-7-3-6-15-16/h3,6-7,12-13H,1-2,4-5,8-11H2/t12-,13-/m0/s1. The topological polar surface area (TPSA) is 47.4 Å². The highest BCUT2D eigenvalue weighted by Crippen LogP contribution is 2.23. The molecule has 1 amide bonds. The third-order valence-electron chi connectivity index (χ3n) is 4.15. The molecule has 2 atom stereocenters. The van der Waals surface area contributed by atoms with Gasteiger partial charge in [-0.3, -0.25) is 9.48 Å². The van der Waals surface area contributed by atoms with Crippen molar-refractivity contribution in [3.05, 3.63) is 18.5 Å². The van der Waals surface area contributed by atoms with Crippen LogP contribution in [0.2, 0.25) is 0 Å². The van der Waals surface area contributed by atoms with Crippen LogP contribution in [0.4, 0.5) is 0 Å². The normalized spacial score (nSPS) is 27.7. The lowest BCUT2D eigenvalue weighted by Crippen LogP contribution is -2.48. The molecule has 1 aromatic rings. The summed E-state index contributed by atoms with van der Waals surface area (Å²) in [5, 5.41) is 4.26. The Kier molecular flexibility index (Phi) is 3.82. The van der Waals surface area contributed by atoms with Gasteiger partial charge < -0.3 is 9.64 Å². The van der Waals surface area contributed by atoms with Crippen LogP contribution in [0.1, 0.15) is 25.7 Å². The second-order valence-electron chi connectivity index (χ2n) is 5.47. The summed E-state index contributed by atoms with van der Waals surface area (Å²) in [5.41, 5.74) is 0. The Morgan fingerprint density at radius 1 is 1.37 bits per heavy atom. The second-order valence-corrected chi connectivity index (χ2v) is 5.47. The first kappa shape index (κ1) is 12.7. The summed E-state index contributed by atoms with van der Waals surface area (Å²) < 4.78 is 7.28. The van der Waals surface area contributed by atoms with Gasteiger partial charge in [-0.15, -0.1) is 0 Å². The highest BCUT2D eigenvalue weighted by Gasteiger charge is 2.33. The Balaban J connectivity index is 1.67. The summed E-state index contributed by atoms with van der Waals surface area (Å²) >= 11 is 0. The lowest BCUT2D eigenvalue weighted by Gasteiger charge is -2.37. The number of piperidine rings is 1. The molecule has 3 rings (SSSR count). The van der Waals surface area contributed by atoms with Gasteiger partial charge in [-0.05, 0) is 31.7 Å². The summed E-state index contributed by atoms with van der Waals surface area (Å²) in [6, 6.07) is 2.22. The predicted octanol–water partition coefficient (Wildman–Crippen LogP) is 1.30. The van der Waals surface area contributed by atoms with Gasteiger partial charge in [0.25, 0.3) is 0 Å². The van der Waals surface area contributed by atoms with E-state index in [1.165, 1.54) is 6.42 Å². The summed E-state index contributed by atoms with van der Waals surface area (Å²) in [4.78, 5) is 14.6. The van der Waals surface area contributed by atoms with Gasteiger partial charge >= 0.3 is 0 Å². The van der Waals surface area contributed by atoms with Crippen molar-refractivity contribution >= 4 is 5.91 Å². The Bertz CT molecular complexity index is 412. The van der Waals surface area contributed by atoms with Gasteiger partial charge in [0.15, 0.2) is 0 Å². The fraction of sp³-hybridized carbons (Fsp3) is 0.714. The zero-order valence-corrected chi connectivity index (χ0v) is 11.2. The zero-order chi connectivity index (χ0) is 13.1. The molecular weight excluding hydrogens is 242 g/mol. The average Bonchev–Trinajstić information content (AvgIpc) is 3.11. The number of ether oxygens (including phenoxy) is 1. The predicted molar refractivity (Wildman–Crippen MR) is 70.5 cm³/mol. The molecule has 5 nitrogen and oxygen atoms in total. The summed E-state index contributed by atoms with van der Waals surface area (Å²) in [6.45, 7) is 3.03. The van der Waals surface area contributed by atoms with Gasteiger partial charge in [-0.1, -0.05) is 0 Å². The molecule has 0 bridgehead atoms. The Labute approximate surface area is 113 Å². The van der Waals surface area contributed by atoms with Crippen molar-refractivity contribution in [1.82, 2.24) is 14.7 Å². The number of hydrogen-bond donors (Lipinski definition) is 0. The molecule has 104 valence electrons. The minimum absolute atomic E-state index is 0.0817. The van der Waals surface area contributed by atoms with Crippen molar-refractivity contribution in [2.45, 2.75) is 38.3 Å². The minimum Gasteiger partial charge on any atom is -0.381 e. The smallest absolute Gasteiger partial charge is 0.228 e. The molecule has 0 unspecified atom stereocenters. The molecule has 2 fully saturated rings. The van der Waals surface area contributed by atoms with E-state index in [2.05, 4.69) is 10.00 Å². The van der Waals surface area contributed by atoms with Crippen LogP contribution >= 0.6 is 0 Å². The zero-order valence-electron chi connectivity index (χ0n) is 11.2. The molecule has 5 heteroatoms. The monoisotopic (exact) mass is 263 g/mol. The molecule has 2 aliphatic rings. The fourth-order valence-corrected chi connectivity index (χ4v) is 3.07. The summed E-state index contributed by atoms with van der Waals surface area (Å²) in [6.07, 6.45) is 8.05. The number of aromatic nitrogens is 2. The largest absolute Gasteiger partial charge is 0.381 e. The van der Waals surface area contributed by atoms with Crippen LogP contribution < -0.4 is 0 Å². The molecule has 0 radical (unpaired) electrons. The maximum absolute atomic E-state index is 12.6. The van der Waals surface area contributed by atoms with E-state index in [-0.39, 0.29) is 11.8 Å². The molecular formula is C14H21N3O2. The molecule has 0 saturated carbocycles. The van der Waals surface area contributed by atoms with E-state index in [1.807, 2.05) is 16.9 Å². The number of nitrogens with zero attached hydrogens (tertiary/aromatic N) is 3. The molecule has 0 aromatic carbocycles. The number of amides is 1.